The molecule has 0 spiro atoms. The molecule has 1 unspecified atom stereocenters. The van der Waals surface area contributed by atoms with Crippen LogP contribution in [0.3, 0.4) is 0 Å². The third kappa shape index (κ3) is 4.97. The van der Waals surface area contributed by atoms with Crippen LogP contribution in [0.15, 0.2) is 24.5 Å². The van der Waals surface area contributed by atoms with Gasteiger partial charge in [-0.2, -0.15) is 9.78 Å². The molecule has 2 aromatic rings. The van der Waals surface area contributed by atoms with Crippen molar-refractivity contribution in [3.05, 3.63) is 30.2 Å². The first-order chi connectivity index (χ1) is 11.6. The lowest BCUT2D eigenvalue weighted by Crippen LogP contribution is -2.43. The Balaban J connectivity index is 0.00000225. The molecule has 1 atom stereocenters. The van der Waals surface area contributed by atoms with Gasteiger partial charge in [0.25, 0.3) is 5.95 Å². The van der Waals surface area contributed by atoms with E-state index in [9.17, 15) is 4.79 Å². The zero-order valence-corrected chi connectivity index (χ0v) is 15.1. The van der Waals surface area contributed by atoms with Gasteiger partial charge in [-0.15, -0.1) is 12.4 Å². The van der Waals surface area contributed by atoms with Gasteiger partial charge < -0.3 is 15.4 Å². The number of amides is 1. The third-order valence-electron chi connectivity index (χ3n) is 3.76. The van der Waals surface area contributed by atoms with E-state index in [4.69, 9.17) is 4.74 Å². The van der Waals surface area contributed by atoms with E-state index in [2.05, 4.69) is 25.7 Å². The fourth-order valence-corrected chi connectivity index (χ4v) is 2.49. The fraction of sp³-hybridized carbons (Fsp3) is 0.500. The SMILES string of the molecule is CC(C)c1cc(NC(=O)CC2COCCN2)n(-c2ncccn2)n1.Cl. The maximum absolute atomic E-state index is 12.4. The number of aromatic nitrogens is 4. The Morgan fingerprint density at radius 2 is 2.20 bits per heavy atom. The van der Waals surface area contributed by atoms with Gasteiger partial charge in [0.2, 0.25) is 5.91 Å². The number of carbonyl (C=O) groups is 1. The van der Waals surface area contributed by atoms with Crippen LogP contribution in [0.2, 0.25) is 0 Å². The Hall–Kier alpha value is -2.03. The monoisotopic (exact) mass is 366 g/mol. The molecule has 8 nitrogen and oxygen atoms in total. The Bertz CT molecular complexity index is 685. The molecule has 2 aromatic heterocycles. The zero-order chi connectivity index (χ0) is 16.9. The molecular formula is C16H23ClN6O2. The van der Waals surface area contributed by atoms with Gasteiger partial charge in [0, 0.05) is 37.5 Å². The molecule has 1 fully saturated rings. The number of morpholine rings is 1. The largest absolute Gasteiger partial charge is 0.378 e. The van der Waals surface area contributed by atoms with Crippen molar-refractivity contribution >= 4 is 24.1 Å². The van der Waals surface area contributed by atoms with Crippen LogP contribution < -0.4 is 10.6 Å². The maximum Gasteiger partial charge on any atom is 0.252 e. The van der Waals surface area contributed by atoms with E-state index < -0.39 is 0 Å². The van der Waals surface area contributed by atoms with E-state index in [1.807, 2.05) is 19.9 Å². The maximum atomic E-state index is 12.4. The second-order valence-electron chi connectivity index (χ2n) is 6.05. The van der Waals surface area contributed by atoms with Crippen LogP contribution in [0.4, 0.5) is 5.82 Å². The Labute approximate surface area is 152 Å². The highest BCUT2D eigenvalue weighted by Crippen LogP contribution is 2.20. The highest BCUT2D eigenvalue weighted by Gasteiger charge is 2.20. The van der Waals surface area contributed by atoms with Crippen molar-refractivity contribution in [1.82, 2.24) is 25.1 Å². The minimum Gasteiger partial charge on any atom is -0.378 e. The molecule has 3 rings (SSSR count). The molecule has 1 amide bonds. The molecule has 2 N–H and O–H groups in total. The van der Waals surface area contributed by atoms with E-state index in [1.54, 1.807) is 23.1 Å². The van der Waals surface area contributed by atoms with Gasteiger partial charge in [-0.3, -0.25) is 4.79 Å². The van der Waals surface area contributed by atoms with Crippen molar-refractivity contribution in [2.75, 3.05) is 25.1 Å². The molecule has 1 aliphatic rings. The standard InChI is InChI=1S/C16H22N6O2.ClH/c1-11(2)13-9-14(22(21-13)16-18-4-3-5-19-16)20-15(23)8-12-10-24-7-6-17-12;/h3-5,9,11-12,17H,6-8,10H2,1-2H3,(H,20,23);1H. The first kappa shape index (κ1) is 19.3. The lowest BCUT2D eigenvalue weighted by molar-refractivity contribution is -0.117. The van der Waals surface area contributed by atoms with Gasteiger partial charge >= 0.3 is 0 Å². The number of carbonyl (C=O) groups excluding carboxylic acids is 1. The van der Waals surface area contributed by atoms with Crippen LogP contribution >= 0.6 is 12.4 Å². The molecule has 0 saturated carbocycles. The summed E-state index contributed by atoms with van der Waals surface area (Å²) >= 11 is 0. The normalized spacial score (nSPS) is 17.2. The van der Waals surface area contributed by atoms with Crippen LogP contribution in [0, 0.1) is 0 Å². The van der Waals surface area contributed by atoms with Crippen LogP contribution in [0.5, 0.6) is 0 Å². The number of halogens is 1. The van der Waals surface area contributed by atoms with Crippen molar-refractivity contribution < 1.29 is 9.53 Å². The number of nitrogens with one attached hydrogen (secondary N) is 2. The minimum atomic E-state index is -0.0922. The van der Waals surface area contributed by atoms with E-state index in [-0.39, 0.29) is 30.3 Å². The van der Waals surface area contributed by atoms with Crippen LogP contribution in [0.1, 0.15) is 31.9 Å². The van der Waals surface area contributed by atoms with E-state index in [0.29, 0.717) is 31.4 Å². The quantitative estimate of drug-likeness (QED) is 0.833. The molecule has 0 aromatic carbocycles. The van der Waals surface area contributed by atoms with Crippen LogP contribution in [-0.4, -0.2) is 51.5 Å². The summed E-state index contributed by atoms with van der Waals surface area (Å²) in [6.07, 6.45) is 3.64. The summed E-state index contributed by atoms with van der Waals surface area (Å²) in [4.78, 5) is 20.8. The highest BCUT2D eigenvalue weighted by molar-refractivity contribution is 5.90. The zero-order valence-electron chi connectivity index (χ0n) is 14.3. The van der Waals surface area contributed by atoms with Crippen molar-refractivity contribution in [2.24, 2.45) is 0 Å². The lowest BCUT2D eigenvalue weighted by atomic mass is 10.1. The van der Waals surface area contributed by atoms with Gasteiger partial charge in [-0.05, 0) is 12.0 Å². The fourth-order valence-electron chi connectivity index (χ4n) is 2.49. The summed E-state index contributed by atoms with van der Waals surface area (Å²) in [6, 6.07) is 3.64. The van der Waals surface area contributed by atoms with Gasteiger partial charge in [-0.25, -0.2) is 9.97 Å². The second-order valence-corrected chi connectivity index (χ2v) is 6.05. The van der Waals surface area contributed by atoms with Crippen LogP contribution in [-0.2, 0) is 9.53 Å². The van der Waals surface area contributed by atoms with Gasteiger partial charge in [0.1, 0.15) is 5.82 Å². The molecule has 0 radical (unpaired) electrons. The summed E-state index contributed by atoms with van der Waals surface area (Å²) in [5, 5.41) is 10.7. The first-order valence-corrected chi connectivity index (χ1v) is 8.12. The number of rotatable bonds is 5. The molecule has 9 heteroatoms. The van der Waals surface area contributed by atoms with Gasteiger partial charge in [0.05, 0.1) is 18.9 Å². The van der Waals surface area contributed by atoms with Crippen molar-refractivity contribution in [3.63, 3.8) is 0 Å². The average molecular weight is 367 g/mol. The molecule has 3 heterocycles. The van der Waals surface area contributed by atoms with Gasteiger partial charge in [0.15, 0.2) is 0 Å². The van der Waals surface area contributed by atoms with Crippen molar-refractivity contribution in [2.45, 2.75) is 32.2 Å². The number of nitrogens with zero attached hydrogens (tertiary/aromatic N) is 4. The average Bonchev–Trinajstić information content (AvgIpc) is 3.00. The number of hydrogen-bond acceptors (Lipinski definition) is 6. The number of anilines is 1. The Morgan fingerprint density at radius 3 is 2.84 bits per heavy atom. The summed E-state index contributed by atoms with van der Waals surface area (Å²) in [5.41, 5.74) is 0.872. The number of hydrogen-bond donors (Lipinski definition) is 2. The summed E-state index contributed by atoms with van der Waals surface area (Å²) in [5.74, 6) is 1.15. The summed E-state index contributed by atoms with van der Waals surface area (Å²) in [7, 11) is 0. The van der Waals surface area contributed by atoms with Crippen LogP contribution in [0.25, 0.3) is 5.95 Å². The Morgan fingerprint density at radius 1 is 1.44 bits per heavy atom. The van der Waals surface area contributed by atoms with E-state index >= 15 is 0 Å². The minimum absolute atomic E-state index is 0. The lowest BCUT2D eigenvalue weighted by Gasteiger charge is -2.23. The molecule has 25 heavy (non-hydrogen) atoms. The molecule has 0 bridgehead atoms. The second kappa shape index (κ2) is 8.89. The predicted molar refractivity (Wildman–Crippen MR) is 96.3 cm³/mol. The summed E-state index contributed by atoms with van der Waals surface area (Å²) in [6.45, 7) is 6.10. The molecule has 136 valence electrons. The summed E-state index contributed by atoms with van der Waals surface area (Å²) < 4.78 is 6.95. The molecular weight excluding hydrogens is 344 g/mol. The molecule has 0 aliphatic carbocycles. The smallest absolute Gasteiger partial charge is 0.252 e. The van der Waals surface area contributed by atoms with Gasteiger partial charge in [-0.1, -0.05) is 13.8 Å². The van der Waals surface area contributed by atoms with Crippen molar-refractivity contribution in [3.8, 4) is 5.95 Å². The van der Waals surface area contributed by atoms with E-state index in [0.717, 1.165) is 12.2 Å². The topological polar surface area (TPSA) is 94.0 Å². The molecule has 1 saturated heterocycles. The Kier molecular flexibility index (Phi) is 6.86. The first-order valence-electron chi connectivity index (χ1n) is 8.12. The molecule has 1 aliphatic heterocycles. The van der Waals surface area contributed by atoms with Crippen molar-refractivity contribution in [1.29, 1.82) is 0 Å². The highest BCUT2D eigenvalue weighted by atomic mass is 35.5. The number of ether oxygens (including phenoxy) is 1. The predicted octanol–water partition coefficient (Wildman–Crippen LogP) is 1.52. The third-order valence-corrected chi connectivity index (χ3v) is 3.76. The van der Waals surface area contributed by atoms with E-state index in [1.165, 1.54) is 0 Å².